The minimum atomic E-state index is -0.452. The fourth-order valence-corrected chi connectivity index (χ4v) is 2.88. The molecule has 0 atom stereocenters. The third kappa shape index (κ3) is 2.67. The van der Waals surface area contributed by atoms with Crippen molar-refractivity contribution < 1.29 is 4.39 Å². The second kappa shape index (κ2) is 5.22. The summed E-state index contributed by atoms with van der Waals surface area (Å²) in [5.41, 5.74) is 0.949. The molecule has 16 heavy (non-hydrogen) atoms. The van der Waals surface area contributed by atoms with E-state index in [1.165, 1.54) is 17.6 Å². The Morgan fingerprint density at radius 2 is 2.12 bits per heavy atom. The lowest BCUT2D eigenvalue weighted by molar-refractivity contribution is 0.623. The third-order valence-electron chi connectivity index (χ3n) is 2.68. The predicted molar refractivity (Wildman–Crippen MR) is 65.1 cm³/mol. The van der Waals surface area contributed by atoms with Crippen molar-refractivity contribution in [1.82, 2.24) is 0 Å². The molecule has 2 nitrogen and oxygen atoms in total. The molecule has 1 aromatic carbocycles. The van der Waals surface area contributed by atoms with Gasteiger partial charge in [0.05, 0.1) is 5.56 Å². The predicted octanol–water partition coefficient (Wildman–Crippen LogP) is 3.00. The summed E-state index contributed by atoms with van der Waals surface area (Å²) < 4.78 is 13.1. The fourth-order valence-electron chi connectivity index (χ4n) is 1.78. The van der Waals surface area contributed by atoms with Crippen molar-refractivity contribution in [2.45, 2.75) is 18.9 Å². The summed E-state index contributed by atoms with van der Waals surface area (Å²) in [4.78, 5) is 0. The van der Waals surface area contributed by atoms with Crippen LogP contribution >= 0.6 is 11.8 Å². The van der Waals surface area contributed by atoms with Crippen LogP contribution in [0.4, 0.5) is 10.1 Å². The molecule has 0 unspecified atom stereocenters. The second-order valence-electron chi connectivity index (χ2n) is 3.84. The summed E-state index contributed by atoms with van der Waals surface area (Å²) in [7, 11) is 0. The van der Waals surface area contributed by atoms with Crippen molar-refractivity contribution in [2.75, 3.05) is 16.8 Å². The molecule has 2 rings (SSSR count). The van der Waals surface area contributed by atoms with Crippen LogP contribution in [0, 0.1) is 17.1 Å². The van der Waals surface area contributed by atoms with Gasteiger partial charge in [0.2, 0.25) is 0 Å². The zero-order valence-corrected chi connectivity index (χ0v) is 9.69. The molecule has 0 aliphatic carbocycles. The Morgan fingerprint density at radius 1 is 1.38 bits per heavy atom. The first-order chi connectivity index (χ1) is 7.79. The number of nitrogens with zero attached hydrogens (tertiary/aromatic N) is 1. The molecule has 0 aromatic heterocycles. The van der Waals surface area contributed by atoms with E-state index in [9.17, 15) is 4.39 Å². The Morgan fingerprint density at radius 3 is 2.81 bits per heavy atom. The van der Waals surface area contributed by atoms with Crippen LogP contribution in [0.5, 0.6) is 0 Å². The first-order valence-electron chi connectivity index (χ1n) is 5.33. The van der Waals surface area contributed by atoms with Crippen LogP contribution in [0.3, 0.4) is 0 Å². The third-order valence-corrected chi connectivity index (χ3v) is 3.73. The molecule has 1 saturated heterocycles. The summed E-state index contributed by atoms with van der Waals surface area (Å²) in [6.45, 7) is 0. The molecule has 1 fully saturated rings. The highest BCUT2D eigenvalue weighted by Crippen LogP contribution is 2.22. The number of halogens is 1. The van der Waals surface area contributed by atoms with Gasteiger partial charge >= 0.3 is 0 Å². The average Bonchev–Trinajstić information content (AvgIpc) is 2.33. The van der Waals surface area contributed by atoms with E-state index in [2.05, 4.69) is 5.32 Å². The first-order valence-corrected chi connectivity index (χ1v) is 6.49. The average molecular weight is 236 g/mol. The highest BCUT2D eigenvalue weighted by molar-refractivity contribution is 7.99. The molecule has 1 aliphatic heterocycles. The number of hydrogen-bond donors (Lipinski definition) is 1. The summed E-state index contributed by atoms with van der Waals surface area (Å²) in [6.07, 6.45) is 2.26. The van der Waals surface area contributed by atoms with Crippen molar-refractivity contribution in [3.8, 4) is 6.07 Å². The molecule has 84 valence electrons. The van der Waals surface area contributed by atoms with Crippen LogP contribution < -0.4 is 5.32 Å². The van der Waals surface area contributed by atoms with Gasteiger partial charge in [0, 0.05) is 11.7 Å². The maximum absolute atomic E-state index is 13.1. The van der Waals surface area contributed by atoms with Gasteiger partial charge in [-0.2, -0.15) is 17.0 Å². The summed E-state index contributed by atoms with van der Waals surface area (Å²) in [5, 5.41) is 12.1. The maximum atomic E-state index is 13.1. The molecule has 0 saturated carbocycles. The number of nitriles is 1. The number of thioether (sulfide) groups is 1. The van der Waals surface area contributed by atoms with E-state index in [-0.39, 0.29) is 5.56 Å². The Labute approximate surface area is 98.8 Å². The Kier molecular flexibility index (Phi) is 3.68. The van der Waals surface area contributed by atoms with Crippen LogP contribution in [-0.2, 0) is 0 Å². The summed E-state index contributed by atoms with van der Waals surface area (Å²) in [6, 6.07) is 6.93. The van der Waals surface area contributed by atoms with E-state index < -0.39 is 5.82 Å². The van der Waals surface area contributed by atoms with Crippen LogP contribution in [0.1, 0.15) is 18.4 Å². The standard InChI is InChI=1S/C12H13FN2S/c13-12-2-1-11(7-9(12)8-14)15-10-3-5-16-6-4-10/h1-2,7,10,15H,3-6H2. The van der Waals surface area contributed by atoms with Gasteiger partial charge in [0.25, 0.3) is 0 Å². The van der Waals surface area contributed by atoms with Gasteiger partial charge in [-0.25, -0.2) is 4.39 Å². The van der Waals surface area contributed by atoms with Crippen LogP contribution in [0.15, 0.2) is 18.2 Å². The number of rotatable bonds is 2. The zero-order valence-electron chi connectivity index (χ0n) is 8.87. The Balaban J connectivity index is 2.06. The molecule has 1 aliphatic rings. The molecular weight excluding hydrogens is 223 g/mol. The quantitative estimate of drug-likeness (QED) is 0.857. The van der Waals surface area contributed by atoms with Gasteiger partial charge in [-0.05, 0) is 42.5 Å². The molecule has 4 heteroatoms. The van der Waals surface area contributed by atoms with Gasteiger partial charge < -0.3 is 5.32 Å². The summed E-state index contributed by atoms with van der Waals surface area (Å²) in [5.74, 6) is 1.89. The lowest BCUT2D eigenvalue weighted by Gasteiger charge is -2.23. The first kappa shape index (κ1) is 11.3. The van der Waals surface area contributed by atoms with Crippen molar-refractivity contribution in [2.24, 2.45) is 0 Å². The molecule has 0 radical (unpaired) electrons. The largest absolute Gasteiger partial charge is 0.382 e. The number of nitrogens with one attached hydrogen (secondary N) is 1. The van der Waals surface area contributed by atoms with E-state index in [0.29, 0.717) is 6.04 Å². The number of anilines is 1. The van der Waals surface area contributed by atoms with Gasteiger partial charge in [-0.1, -0.05) is 0 Å². The molecule has 1 heterocycles. The van der Waals surface area contributed by atoms with E-state index in [1.54, 1.807) is 12.1 Å². The highest BCUT2D eigenvalue weighted by Gasteiger charge is 2.13. The van der Waals surface area contributed by atoms with E-state index >= 15 is 0 Å². The molecule has 0 spiro atoms. The fraction of sp³-hybridized carbons (Fsp3) is 0.417. The van der Waals surface area contributed by atoms with Crippen molar-refractivity contribution in [3.05, 3.63) is 29.6 Å². The van der Waals surface area contributed by atoms with E-state index in [4.69, 9.17) is 5.26 Å². The topological polar surface area (TPSA) is 35.8 Å². The minimum absolute atomic E-state index is 0.107. The number of benzene rings is 1. The van der Waals surface area contributed by atoms with Gasteiger partial charge in [-0.3, -0.25) is 0 Å². The Bertz CT molecular complexity index is 408. The minimum Gasteiger partial charge on any atom is -0.382 e. The lowest BCUT2D eigenvalue weighted by Crippen LogP contribution is -2.24. The molecule has 1 N–H and O–H groups in total. The van der Waals surface area contributed by atoms with Gasteiger partial charge in [-0.15, -0.1) is 0 Å². The van der Waals surface area contributed by atoms with Crippen molar-refractivity contribution in [3.63, 3.8) is 0 Å². The van der Waals surface area contributed by atoms with Gasteiger partial charge in [0.1, 0.15) is 11.9 Å². The van der Waals surface area contributed by atoms with E-state index in [0.717, 1.165) is 18.5 Å². The van der Waals surface area contributed by atoms with Gasteiger partial charge in [0.15, 0.2) is 0 Å². The SMILES string of the molecule is N#Cc1cc(NC2CCSCC2)ccc1F. The highest BCUT2D eigenvalue weighted by atomic mass is 32.2. The molecule has 0 bridgehead atoms. The Hall–Kier alpha value is -1.21. The van der Waals surface area contributed by atoms with Crippen LogP contribution in [-0.4, -0.2) is 17.5 Å². The van der Waals surface area contributed by atoms with Crippen molar-refractivity contribution in [1.29, 1.82) is 5.26 Å². The lowest BCUT2D eigenvalue weighted by atomic mass is 10.1. The maximum Gasteiger partial charge on any atom is 0.141 e. The zero-order chi connectivity index (χ0) is 11.4. The molecule has 0 amide bonds. The van der Waals surface area contributed by atoms with Crippen molar-refractivity contribution >= 4 is 17.4 Å². The molecule has 1 aromatic rings. The normalized spacial score (nSPS) is 16.8. The number of hydrogen-bond acceptors (Lipinski definition) is 3. The summed E-state index contributed by atoms with van der Waals surface area (Å²) >= 11 is 1.97. The monoisotopic (exact) mass is 236 g/mol. The smallest absolute Gasteiger partial charge is 0.141 e. The molecular formula is C12H13FN2S. The van der Waals surface area contributed by atoms with E-state index in [1.807, 2.05) is 17.8 Å². The van der Waals surface area contributed by atoms with Crippen LogP contribution in [0.25, 0.3) is 0 Å². The van der Waals surface area contributed by atoms with Crippen LogP contribution in [0.2, 0.25) is 0 Å². The second-order valence-corrected chi connectivity index (χ2v) is 5.06.